The summed E-state index contributed by atoms with van der Waals surface area (Å²) in [6, 6.07) is 89.9. The SMILES string of the molecule is CC(C)c1ccc(N(c2ccc3cc4c(cc3c2)oc2cc3cc(N(c5ccccc5-c5ccccc5)c5ccccc5-c5ccccc5)ccc3cc24)c2ccccc2-c2ccccc2)cc1. The molecule has 324 valence electrons. The number of fused-ring (bicyclic) bond motifs is 5. The second-order valence-corrected chi connectivity index (χ2v) is 17.9. The van der Waals surface area contributed by atoms with Crippen LogP contribution in [0.1, 0.15) is 25.3 Å². The Morgan fingerprint density at radius 1 is 0.309 bits per heavy atom. The van der Waals surface area contributed by atoms with Crippen molar-refractivity contribution in [3.63, 3.8) is 0 Å². The quantitative estimate of drug-likeness (QED) is 0.136. The minimum atomic E-state index is 0.445. The average molecular weight is 873 g/mol. The van der Waals surface area contributed by atoms with E-state index in [0.29, 0.717) is 5.92 Å². The maximum atomic E-state index is 6.85. The summed E-state index contributed by atoms with van der Waals surface area (Å²) in [7, 11) is 0. The lowest BCUT2D eigenvalue weighted by atomic mass is 9.98. The van der Waals surface area contributed by atoms with Gasteiger partial charge in [0.2, 0.25) is 0 Å². The molecule has 0 fully saturated rings. The monoisotopic (exact) mass is 872 g/mol. The highest BCUT2D eigenvalue weighted by Gasteiger charge is 2.22. The molecule has 1 heterocycles. The molecule has 12 rings (SSSR count). The Balaban J connectivity index is 0.988. The van der Waals surface area contributed by atoms with Gasteiger partial charge in [0.05, 0.1) is 17.1 Å². The topological polar surface area (TPSA) is 19.6 Å². The van der Waals surface area contributed by atoms with Crippen molar-refractivity contribution in [2.45, 2.75) is 19.8 Å². The molecule has 0 saturated heterocycles. The van der Waals surface area contributed by atoms with Gasteiger partial charge in [-0.2, -0.15) is 0 Å². The number of hydrogen-bond donors (Lipinski definition) is 0. The Kier molecular flexibility index (Phi) is 10.4. The number of para-hydroxylation sites is 3. The van der Waals surface area contributed by atoms with Crippen LogP contribution in [0, 0.1) is 0 Å². The fourth-order valence-corrected chi connectivity index (χ4v) is 9.95. The Hall–Kier alpha value is -8.66. The van der Waals surface area contributed by atoms with Crippen molar-refractivity contribution in [2.75, 3.05) is 9.80 Å². The first-order valence-electron chi connectivity index (χ1n) is 23.5. The molecule has 0 N–H and O–H groups in total. The number of rotatable bonds is 10. The lowest BCUT2D eigenvalue weighted by molar-refractivity contribution is 0.670. The lowest BCUT2D eigenvalue weighted by Crippen LogP contribution is -2.12. The molecular weight excluding hydrogens is 825 g/mol. The summed E-state index contributed by atoms with van der Waals surface area (Å²) in [5.41, 5.74) is 16.6. The van der Waals surface area contributed by atoms with Crippen LogP contribution in [0.2, 0.25) is 0 Å². The minimum Gasteiger partial charge on any atom is -0.456 e. The standard InChI is InChI=1S/C65H48N2O/c1-44(2)45-30-34-53(35-31-45)66(61-27-15-12-24-56(61)46-18-6-3-7-19-46)54-36-32-49-40-59-60-41-50-33-37-55(39-52(50)43-65(60)68-64(59)42-51(49)38-54)67(62-28-16-13-25-57(62)47-20-8-4-9-21-47)63-29-17-14-26-58(63)48-22-10-5-11-23-48/h3-44H,1-2H3. The normalized spacial score (nSPS) is 11.5. The minimum absolute atomic E-state index is 0.445. The predicted octanol–water partition coefficient (Wildman–Crippen LogP) is 19.0. The van der Waals surface area contributed by atoms with Gasteiger partial charge in [0.25, 0.3) is 0 Å². The predicted molar refractivity (Wildman–Crippen MR) is 288 cm³/mol. The van der Waals surface area contributed by atoms with Crippen molar-refractivity contribution in [1.29, 1.82) is 0 Å². The molecule has 0 bridgehead atoms. The van der Waals surface area contributed by atoms with Gasteiger partial charge in [-0.25, -0.2) is 0 Å². The average Bonchev–Trinajstić information content (AvgIpc) is 3.74. The number of anilines is 6. The Morgan fingerprint density at radius 3 is 1.10 bits per heavy atom. The van der Waals surface area contributed by atoms with Gasteiger partial charge in [0, 0.05) is 44.5 Å². The van der Waals surface area contributed by atoms with Crippen LogP contribution in [0.5, 0.6) is 0 Å². The smallest absolute Gasteiger partial charge is 0.136 e. The third-order valence-electron chi connectivity index (χ3n) is 13.4. The van der Waals surface area contributed by atoms with Crippen LogP contribution >= 0.6 is 0 Å². The summed E-state index contributed by atoms with van der Waals surface area (Å²) in [6.45, 7) is 4.49. The van der Waals surface area contributed by atoms with Crippen LogP contribution in [0.25, 0.3) is 76.9 Å². The zero-order chi connectivity index (χ0) is 45.6. The van der Waals surface area contributed by atoms with E-state index in [0.717, 1.165) is 88.7 Å². The molecule has 12 aromatic rings. The molecule has 0 radical (unpaired) electrons. The number of nitrogens with zero attached hydrogens (tertiary/aromatic N) is 2. The van der Waals surface area contributed by atoms with Crippen LogP contribution < -0.4 is 9.80 Å². The first-order chi connectivity index (χ1) is 33.5. The molecule has 0 saturated carbocycles. The van der Waals surface area contributed by atoms with Crippen LogP contribution in [0.3, 0.4) is 0 Å². The van der Waals surface area contributed by atoms with Gasteiger partial charge < -0.3 is 14.2 Å². The van der Waals surface area contributed by atoms with E-state index in [4.69, 9.17) is 4.42 Å². The molecule has 0 atom stereocenters. The van der Waals surface area contributed by atoms with Crippen molar-refractivity contribution < 1.29 is 4.42 Å². The molecule has 11 aromatic carbocycles. The molecule has 0 spiro atoms. The van der Waals surface area contributed by atoms with Gasteiger partial charge in [0.1, 0.15) is 11.2 Å². The molecule has 1 aromatic heterocycles. The Bertz CT molecular complexity index is 3680. The molecule has 0 aliphatic rings. The van der Waals surface area contributed by atoms with Gasteiger partial charge in [-0.05, 0) is 129 Å². The number of furan rings is 1. The number of benzene rings is 11. The van der Waals surface area contributed by atoms with E-state index in [1.54, 1.807) is 0 Å². The maximum absolute atomic E-state index is 6.85. The van der Waals surface area contributed by atoms with E-state index < -0.39 is 0 Å². The third-order valence-corrected chi connectivity index (χ3v) is 13.4. The van der Waals surface area contributed by atoms with Crippen molar-refractivity contribution >= 4 is 77.6 Å². The van der Waals surface area contributed by atoms with E-state index in [9.17, 15) is 0 Å². The zero-order valence-electron chi connectivity index (χ0n) is 38.1. The first-order valence-corrected chi connectivity index (χ1v) is 23.5. The summed E-state index contributed by atoms with van der Waals surface area (Å²) >= 11 is 0. The highest BCUT2D eigenvalue weighted by Crippen LogP contribution is 2.47. The molecule has 3 nitrogen and oxygen atoms in total. The molecule has 0 amide bonds. The van der Waals surface area contributed by atoms with Gasteiger partial charge in [-0.3, -0.25) is 0 Å². The Labute approximate surface area is 397 Å². The van der Waals surface area contributed by atoms with Crippen LogP contribution in [-0.2, 0) is 0 Å². The summed E-state index contributed by atoms with van der Waals surface area (Å²) in [5, 5.41) is 6.76. The fourth-order valence-electron chi connectivity index (χ4n) is 9.95. The molecular formula is C65H48N2O. The van der Waals surface area contributed by atoms with Gasteiger partial charge in [-0.15, -0.1) is 0 Å². The van der Waals surface area contributed by atoms with Gasteiger partial charge in [0.15, 0.2) is 0 Å². The van der Waals surface area contributed by atoms with E-state index >= 15 is 0 Å². The summed E-state index contributed by atoms with van der Waals surface area (Å²) in [5.74, 6) is 0.445. The molecule has 0 aliphatic heterocycles. The number of hydrogen-bond acceptors (Lipinski definition) is 3. The molecule has 3 heteroatoms. The van der Waals surface area contributed by atoms with Crippen molar-refractivity contribution in [1.82, 2.24) is 0 Å². The van der Waals surface area contributed by atoms with Gasteiger partial charge in [-0.1, -0.05) is 184 Å². The fraction of sp³-hybridized carbons (Fsp3) is 0.0462. The summed E-state index contributed by atoms with van der Waals surface area (Å²) in [6.07, 6.45) is 0. The third kappa shape index (κ3) is 7.45. The van der Waals surface area contributed by atoms with Crippen LogP contribution in [0.15, 0.2) is 253 Å². The van der Waals surface area contributed by atoms with Crippen molar-refractivity contribution in [3.8, 4) is 33.4 Å². The van der Waals surface area contributed by atoms with E-state index in [-0.39, 0.29) is 0 Å². The highest BCUT2D eigenvalue weighted by molar-refractivity contribution is 6.14. The zero-order valence-corrected chi connectivity index (χ0v) is 38.1. The molecule has 0 aliphatic carbocycles. The van der Waals surface area contributed by atoms with Crippen LogP contribution in [0.4, 0.5) is 34.1 Å². The lowest BCUT2D eigenvalue weighted by Gasteiger charge is -2.30. The second-order valence-electron chi connectivity index (χ2n) is 17.9. The maximum Gasteiger partial charge on any atom is 0.136 e. The van der Waals surface area contributed by atoms with Crippen LogP contribution in [-0.4, -0.2) is 0 Å². The Morgan fingerprint density at radius 2 is 0.676 bits per heavy atom. The van der Waals surface area contributed by atoms with E-state index in [2.05, 4.69) is 272 Å². The summed E-state index contributed by atoms with van der Waals surface area (Å²) < 4.78 is 6.85. The summed E-state index contributed by atoms with van der Waals surface area (Å²) in [4.78, 5) is 4.80. The largest absolute Gasteiger partial charge is 0.456 e. The van der Waals surface area contributed by atoms with Crippen molar-refractivity contribution in [2.24, 2.45) is 0 Å². The van der Waals surface area contributed by atoms with E-state index in [1.165, 1.54) is 27.8 Å². The molecule has 68 heavy (non-hydrogen) atoms. The van der Waals surface area contributed by atoms with Gasteiger partial charge >= 0.3 is 0 Å². The van der Waals surface area contributed by atoms with Crippen molar-refractivity contribution in [3.05, 3.63) is 254 Å². The molecule has 0 unspecified atom stereocenters. The highest BCUT2D eigenvalue weighted by atomic mass is 16.3. The second kappa shape index (κ2) is 17.3. The first kappa shape index (κ1) is 40.8. The van der Waals surface area contributed by atoms with E-state index in [1.807, 2.05) is 0 Å².